The van der Waals surface area contributed by atoms with Crippen molar-refractivity contribution >= 4 is 11.8 Å². The molecule has 0 saturated carbocycles. The van der Waals surface area contributed by atoms with Crippen molar-refractivity contribution < 1.29 is 4.74 Å². The van der Waals surface area contributed by atoms with Crippen LogP contribution in [-0.4, -0.2) is 61.8 Å². The van der Waals surface area contributed by atoms with Gasteiger partial charge in [0.25, 0.3) is 0 Å². The van der Waals surface area contributed by atoms with E-state index in [-0.39, 0.29) is 0 Å². The van der Waals surface area contributed by atoms with Gasteiger partial charge in [0.2, 0.25) is 0 Å². The van der Waals surface area contributed by atoms with Crippen LogP contribution < -0.4 is 5.32 Å². The Kier molecular flexibility index (Phi) is 5.42. The summed E-state index contributed by atoms with van der Waals surface area (Å²) in [4.78, 5) is 2.63. The zero-order valence-corrected chi connectivity index (χ0v) is 11.1. The standard InChI is InChI=1S/C12H24N2OS/c1-2-13-12-10-15-9-11(12)8-14-4-3-6-16-7-5-14/h11-13H,2-10H2,1H3. The Balaban J connectivity index is 1.78. The molecule has 4 heteroatoms. The largest absolute Gasteiger partial charge is 0.379 e. The summed E-state index contributed by atoms with van der Waals surface area (Å²) in [5, 5.41) is 3.54. The first-order valence-corrected chi connectivity index (χ1v) is 7.67. The number of rotatable bonds is 4. The molecule has 94 valence electrons. The van der Waals surface area contributed by atoms with Crippen LogP contribution in [0.3, 0.4) is 0 Å². The minimum Gasteiger partial charge on any atom is -0.379 e. The molecule has 2 heterocycles. The van der Waals surface area contributed by atoms with Crippen LogP contribution in [-0.2, 0) is 4.74 Å². The van der Waals surface area contributed by atoms with Crippen LogP contribution in [0.1, 0.15) is 13.3 Å². The fraction of sp³-hybridized carbons (Fsp3) is 1.00. The van der Waals surface area contributed by atoms with Crippen LogP contribution >= 0.6 is 11.8 Å². The second-order valence-electron chi connectivity index (χ2n) is 4.73. The molecule has 0 spiro atoms. The Morgan fingerprint density at radius 2 is 2.25 bits per heavy atom. The van der Waals surface area contributed by atoms with Gasteiger partial charge >= 0.3 is 0 Å². The first kappa shape index (κ1) is 12.7. The van der Waals surface area contributed by atoms with E-state index in [0.29, 0.717) is 12.0 Å². The molecule has 2 rings (SSSR count). The predicted octanol–water partition coefficient (Wildman–Crippen LogP) is 1.05. The van der Waals surface area contributed by atoms with Crippen LogP contribution in [0.2, 0.25) is 0 Å². The van der Waals surface area contributed by atoms with E-state index in [4.69, 9.17) is 4.74 Å². The number of thioether (sulfide) groups is 1. The molecule has 0 aromatic carbocycles. The minimum atomic E-state index is 0.584. The Morgan fingerprint density at radius 3 is 3.12 bits per heavy atom. The first-order chi connectivity index (χ1) is 7.90. The summed E-state index contributed by atoms with van der Waals surface area (Å²) in [5.41, 5.74) is 0. The van der Waals surface area contributed by atoms with Crippen LogP contribution in [0.15, 0.2) is 0 Å². The number of nitrogens with zero attached hydrogens (tertiary/aromatic N) is 1. The zero-order valence-electron chi connectivity index (χ0n) is 10.3. The number of ether oxygens (including phenoxy) is 1. The van der Waals surface area contributed by atoms with Crippen LogP contribution in [0, 0.1) is 5.92 Å². The fourth-order valence-electron chi connectivity index (χ4n) is 2.58. The van der Waals surface area contributed by atoms with Crippen molar-refractivity contribution in [3.63, 3.8) is 0 Å². The van der Waals surface area contributed by atoms with Crippen LogP contribution in [0.5, 0.6) is 0 Å². The Morgan fingerprint density at radius 1 is 1.31 bits per heavy atom. The summed E-state index contributed by atoms with van der Waals surface area (Å²) in [5.74, 6) is 3.34. The van der Waals surface area contributed by atoms with E-state index in [0.717, 1.165) is 19.8 Å². The van der Waals surface area contributed by atoms with Gasteiger partial charge in [0.1, 0.15) is 0 Å². The Bertz CT molecular complexity index is 195. The molecule has 0 aromatic rings. The summed E-state index contributed by atoms with van der Waals surface area (Å²) in [7, 11) is 0. The van der Waals surface area contributed by atoms with E-state index in [1.54, 1.807) is 0 Å². The van der Waals surface area contributed by atoms with Crippen molar-refractivity contribution in [3.05, 3.63) is 0 Å². The molecule has 2 aliphatic rings. The molecule has 2 fully saturated rings. The molecule has 1 N–H and O–H groups in total. The quantitative estimate of drug-likeness (QED) is 0.799. The topological polar surface area (TPSA) is 24.5 Å². The van der Waals surface area contributed by atoms with Gasteiger partial charge in [-0.3, -0.25) is 0 Å². The van der Waals surface area contributed by atoms with Gasteiger partial charge < -0.3 is 15.0 Å². The van der Waals surface area contributed by atoms with Crippen molar-refractivity contribution in [1.29, 1.82) is 0 Å². The van der Waals surface area contributed by atoms with Crippen molar-refractivity contribution in [2.75, 3.05) is 50.9 Å². The lowest BCUT2D eigenvalue weighted by Gasteiger charge is -2.26. The molecule has 16 heavy (non-hydrogen) atoms. The lowest BCUT2D eigenvalue weighted by atomic mass is 10.0. The lowest BCUT2D eigenvalue weighted by Crippen LogP contribution is -2.42. The lowest BCUT2D eigenvalue weighted by molar-refractivity contribution is 0.169. The van der Waals surface area contributed by atoms with Crippen molar-refractivity contribution in [3.8, 4) is 0 Å². The second kappa shape index (κ2) is 6.84. The van der Waals surface area contributed by atoms with Gasteiger partial charge in [0.05, 0.1) is 13.2 Å². The second-order valence-corrected chi connectivity index (χ2v) is 5.95. The molecule has 0 aromatic heterocycles. The number of likely N-dealkylation sites (N-methyl/N-ethyl adjacent to an activating group) is 1. The van der Waals surface area contributed by atoms with E-state index in [1.165, 1.54) is 37.6 Å². The maximum atomic E-state index is 5.60. The SMILES string of the molecule is CCNC1COCC1CN1CCCSCC1. The van der Waals surface area contributed by atoms with Crippen LogP contribution in [0.25, 0.3) is 0 Å². The molecule has 2 aliphatic heterocycles. The van der Waals surface area contributed by atoms with E-state index in [2.05, 4.69) is 28.9 Å². The summed E-state index contributed by atoms with van der Waals surface area (Å²) in [6, 6.07) is 0.584. The van der Waals surface area contributed by atoms with E-state index in [1.807, 2.05) is 0 Å². The van der Waals surface area contributed by atoms with Gasteiger partial charge in [-0.25, -0.2) is 0 Å². The summed E-state index contributed by atoms with van der Waals surface area (Å²) < 4.78 is 5.60. The Hall–Kier alpha value is 0.230. The molecule has 0 aliphatic carbocycles. The van der Waals surface area contributed by atoms with E-state index >= 15 is 0 Å². The monoisotopic (exact) mass is 244 g/mol. The molecule has 0 radical (unpaired) electrons. The molecule has 0 amide bonds. The Labute approximate surface area is 103 Å². The minimum absolute atomic E-state index is 0.584. The zero-order chi connectivity index (χ0) is 11.2. The van der Waals surface area contributed by atoms with Gasteiger partial charge in [-0.05, 0) is 25.3 Å². The summed E-state index contributed by atoms with van der Waals surface area (Å²) in [6.07, 6.45) is 1.35. The summed E-state index contributed by atoms with van der Waals surface area (Å²) in [6.45, 7) is 8.85. The van der Waals surface area contributed by atoms with Crippen molar-refractivity contribution in [2.45, 2.75) is 19.4 Å². The average molecular weight is 244 g/mol. The predicted molar refractivity (Wildman–Crippen MR) is 70.2 cm³/mol. The van der Waals surface area contributed by atoms with Gasteiger partial charge in [0, 0.05) is 30.8 Å². The fourth-order valence-corrected chi connectivity index (χ4v) is 3.50. The molecular weight excluding hydrogens is 220 g/mol. The van der Waals surface area contributed by atoms with Gasteiger partial charge in [0.15, 0.2) is 0 Å². The normalized spacial score (nSPS) is 32.8. The third-order valence-corrected chi connectivity index (χ3v) is 4.52. The molecule has 0 bridgehead atoms. The van der Waals surface area contributed by atoms with Gasteiger partial charge in [-0.15, -0.1) is 0 Å². The molecule has 3 nitrogen and oxygen atoms in total. The van der Waals surface area contributed by atoms with Crippen LogP contribution in [0.4, 0.5) is 0 Å². The third kappa shape index (κ3) is 3.62. The number of hydrogen-bond donors (Lipinski definition) is 1. The highest BCUT2D eigenvalue weighted by atomic mass is 32.2. The first-order valence-electron chi connectivity index (χ1n) is 6.51. The molecule has 2 saturated heterocycles. The molecule has 2 atom stereocenters. The maximum Gasteiger partial charge on any atom is 0.0623 e. The van der Waals surface area contributed by atoms with Crippen molar-refractivity contribution in [1.82, 2.24) is 10.2 Å². The summed E-state index contributed by atoms with van der Waals surface area (Å²) >= 11 is 2.10. The highest BCUT2D eigenvalue weighted by Gasteiger charge is 2.29. The van der Waals surface area contributed by atoms with Gasteiger partial charge in [-0.2, -0.15) is 11.8 Å². The third-order valence-electron chi connectivity index (χ3n) is 3.47. The van der Waals surface area contributed by atoms with Gasteiger partial charge in [-0.1, -0.05) is 6.92 Å². The number of hydrogen-bond acceptors (Lipinski definition) is 4. The van der Waals surface area contributed by atoms with Crippen molar-refractivity contribution in [2.24, 2.45) is 5.92 Å². The average Bonchev–Trinajstić information content (AvgIpc) is 2.56. The number of nitrogens with one attached hydrogen (secondary N) is 1. The highest BCUT2D eigenvalue weighted by Crippen LogP contribution is 2.17. The smallest absolute Gasteiger partial charge is 0.0623 e. The highest BCUT2D eigenvalue weighted by molar-refractivity contribution is 7.99. The molecular formula is C12H24N2OS. The maximum absolute atomic E-state index is 5.60. The van der Waals surface area contributed by atoms with E-state index < -0.39 is 0 Å². The van der Waals surface area contributed by atoms with E-state index in [9.17, 15) is 0 Å². The molecule has 2 unspecified atom stereocenters.